The number of aliphatic hydroxyl groups is 1. The molecule has 0 radical (unpaired) electrons. The zero-order valence-electron chi connectivity index (χ0n) is 18.1. The fourth-order valence-electron chi connectivity index (χ4n) is 4.24. The Balaban J connectivity index is 0.000000265. The van der Waals surface area contributed by atoms with Gasteiger partial charge in [0.2, 0.25) is 0 Å². The number of hydrogen-bond donors (Lipinski definition) is 2. The molecule has 3 aromatic heterocycles. The second-order valence-electron chi connectivity index (χ2n) is 8.78. The molecule has 0 bridgehead atoms. The van der Waals surface area contributed by atoms with Gasteiger partial charge in [0, 0.05) is 30.5 Å². The SMILES string of the molecule is CC1CCCCC1.Cc1ccc2[nH]c(-c3ccc(N4CCC(O)CC4)nc3)nc2n1. The number of rotatable bonds is 2. The van der Waals surface area contributed by atoms with Gasteiger partial charge in [0.05, 0.1) is 11.6 Å². The standard InChI is InChI=1S/C17H19N5O.C7H14/c1-11-2-4-14-17(19-11)21-16(20-14)12-3-5-15(18-10-12)22-8-6-13(23)7-9-22;1-7-5-3-2-4-6-7/h2-5,10,13,23H,6-9H2,1H3,(H,19,20,21);7H,2-6H2,1H3. The van der Waals surface area contributed by atoms with Gasteiger partial charge in [0.1, 0.15) is 11.6 Å². The zero-order valence-corrected chi connectivity index (χ0v) is 18.1. The number of H-pyrrole nitrogens is 1. The van der Waals surface area contributed by atoms with Gasteiger partial charge in [0.25, 0.3) is 0 Å². The Morgan fingerprint density at radius 2 is 1.73 bits per heavy atom. The summed E-state index contributed by atoms with van der Waals surface area (Å²) in [6.07, 6.45) is 10.7. The molecule has 1 aliphatic carbocycles. The first-order valence-corrected chi connectivity index (χ1v) is 11.3. The highest BCUT2D eigenvalue weighted by atomic mass is 16.3. The molecule has 1 aliphatic heterocycles. The molecule has 5 rings (SSSR count). The number of nitrogens with one attached hydrogen (secondary N) is 1. The lowest BCUT2D eigenvalue weighted by Gasteiger charge is -2.30. The van der Waals surface area contributed by atoms with Crippen molar-refractivity contribution in [2.24, 2.45) is 5.92 Å². The molecule has 30 heavy (non-hydrogen) atoms. The fourth-order valence-corrected chi connectivity index (χ4v) is 4.24. The number of piperidine rings is 1. The summed E-state index contributed by atoms with van der Waals surface area (Å²) in [6, 6.07) is 8.00. The molecule has 2 fully saturated rings. The van der Waals surface area contributed by atoms with Gasteiger partial charge in [-0.15, -0.1) is 0 Å². The molecule has 6 heteroatoms. The van der Waals surface area contributed by atoms with Crippen molar-refractivity contribution < 1.29 is 5.11 Å². The Morgan fingerprint density at radius 3 is 2.37 bits per heavy atom. The van der Waals surface area contributed by atoms with E-state index in [4.69, 9.17) is 0 Å². The first-order chi connectivity index (χ1) is 14.6. The molecular formula is C24H33N5O. The number of pyridine rings is 2. The molecule has 0 amide bonds. The molecule has 1 saturated heterocycles. The molecule has 0 aromatic carbocycles. The van der Waals surface area contributed by atoms with Crippen molar-refractivity contribution in [2.75, 3.05) is 18.0 Å². The lowest BCUT2D eigenvalue weighted by atomic mass is 9.91. The maximum absolute atomic E-state index is 9.59. The number of hydrogen-bond acceptors (Lipinski definition) is 5. The van der Waals surface area contributed by atoms with Gasteiger partial charge in [0.15, 0.2) is 5.65 Å². The van der Waals surface area contributed by atoms with E-state index in [1.54, 1.807) is 0 Å². The van der Waals surface area contributed by atoms with Crippen molar-refractivity contribution in [1.29, 1.82) is 0 Å². The molecule has 4 heterocycles. The lowest BCUT2D eigenvalue weighted by molar-refractivity contribution is 0.145. The average Bonchev–Trinajstić information content (AvgIpc) is 3.19. The molecule has 0 spiro atoms. The van der Waals surface area contributed by atoms with E-state index >= 15 is 0 Å². The van der Waals surface area contributed by atoms with Crippen LogP contribution in [0.25, 0.3) is 22.6 Å². The van der Waals surface area contributed by atoms with Crippen molar-refractivity contribution in [3.05, 3.63) is 36.2 Å². The van der Waals surface area contributed by atoms with Crippen LogP contribution >= 0.6 is 0 Å². The molecular weight excluding hydrogens is 374 g/mol. The van der Waals surface area contributed by atoms with Crippen LogP contribution in [-0.4, -0.2) is 44.2 Å². The predicted molar refractivity (Wildman–Crippen MR) is 122 cm³/mol. The Bertz CT molecular complexity index is 938. The number of aliphatic hydroxyl groups excluding tert-OH is 1. The minimum absolute atomic E-state index is 0.169. The smallest absolute Gasteiger partial charge is 0.178 e. The molecule has 2 N–H and O–H groups in total. The molecule has 6 nitrogen and oxygen atoms in total. The van der Waals surface area contributed by atoms with E-state index in [0.717, 1.165) is 65.9 Å². The zero-order chi connectivity index (χ0) is 20.9. The lowest BCUT2D eigenvalue weighted by Crippen LogP contribution is -2.36. The summed E-state index contributed by atoms with van der Waals surface area (Å²) in [7, 11) is 0. The highest BCUT2D eigenvalue weighted by Gasteiger charge is 2.18. The Kier molecular flexibility index (Phi) is 6.62. The highest BCUT2D eigenvalue weighted by molar-refractivity contribution is 5.75. The van der Waals surface area contributed by atoms with Gasteiger partial charge in [-0.1, -0.05) is 39.0 Å². The van der Waals surface area contributed by atoms with Crippen LogP contribution in [0.4, 0.5) is 5.82 Å². The van der Waals surface area contributed by atoms with Crippen molar-refractivity contribution in [1.82, 2.24) is 19.9 Å². The third-order valence-corrected chi connectivity index (χ3v) is 6.19. The largest absolute Gasteiger partial charge is 0.393 e. The summed E-state index contributed by atoms with van der Waals surface area (Å²) in [5.41, 5.74) is 3.56. The van der Waals surface area contributed by atoms with E-state index in [9.17, 15) is 5.11 Å². The number of aryl methyl sites for hydroxylation is 1. The first kappa shape index (κ1) is 20.8. The van der Waals surface area contributed by atoms with Crippen molar-refractivity contribution in [3.8, 4) is 11.4 Å². The van der Waals surface area contributed by atoms with Gasteiger partial charge >= 0.3 is 0 Å². The van der Waals surface area contributed by atoms with Crippen molar-refractivity contribution in [3.63, 3.8) is 0 Å². The average molecular weight is 408 g/mol. The molecule has 2 aliphatic rings. The number of fused-ring (bicyclic) bond motifs is 1. The van der Waals surface area contributed by atoms with E-state index in [1.807, 2.05) is 37.4 Å². The fraction of sp³-hybridized carbons (Fsp3) is 0.542. The Morgan fingerprint density at radius 1 is 0.967 bits per heavy atom. The van der Waals surface area contributed by atoms with Gasteiger partial charge in [-0.25, -0.2) is 15.0 Å². The number of aromatic amines is 1. The summed E-state index contributed by atoms with van der Waals surface area (Å²) in [4.78, 5) is 19.0. The summed E-state index contributed by atoms with van der Waals surface area (Å²) < 4.78 is 0. The molecule has 160 valence electrons. The number of nitrogens with zero attached hydrogens (tertiary/aromatic N) is 4. The van der Waals surface area contributed by atoms with Crippen LogP contribution in [0.2, 0.25) is 0 Å². The molecule has 0 atom stereocenters. The normalized spacial score (nSPS) is 18.3. The molecule has 1 saturated carbocycles. The second-order valence-corrected chi connectivity index (χ2v) is 8.78. The summed E-state index contributed by atoms with van der Waals surface area (Å²) >= 11 is 0. The van der Waals surface area contributed by atoms with Crippen molar-refractivity contribution in [2.45, 2.75) is 64.9 Å². The summed E-state index contributed by atoms with van der Waals surface area (Å²) in [5.74, 6) is 2.77. The van der Waals surface area contributed by atoms with E-state index in [0.29, 0.717) is 0 Å². The van der Waals surface area contributed by atoms with Crippen LogP contribution in [0.3, 0.4) is 0 Å². The monoisotopic (exact) mass is 407 g/mol. The summed E-state index contributed by atoms with van der Waals surface area (Å²) in [6.45, 7) is 6.02. The van der Waals surface area contributed by atoms with E-state index in [1.165, 1.54) is 32.1 Å². The van der Waals surface area contributed by atoms with E-state index in [-0.39, 0.29) is 6.10 Å². The van der Waals surface area contributed by atoms with Crippen LogP contribution in [-0.2, 0) is 0 Å². The van der Waals surface area contributed by atoms with Gasteiger partial charge in [-0.2, -0.15) is 0 Å². The van der Waals surface area contributed by atoms with Crippen LogP contribution < -0.4 is 4.90 Å². The van der Waals surface area contributed by atoms with Crippen LogP contribution in [0.5, 0.6) is 0 Å². The minimum Gasteiger partial charge on any atom is -0.393 e. The topological polar surface area (TPSA) is 77.9 Å². The molecule has 0 unspecified atom stereocenters. The Hall–Kier alpha value is -2.47. The van der Waals surface area contributed by atoms with Gasteiger partial charge in [-0.3, -0.25) is 0 Å². The number of anilines is 1. The van der Waals surface area contributed by atoms with Crippen LogP contribution in [0.15, 0.2) is 30.5 Å². The van der Waals surface area contributed by atoms with E-state index < -0.39 is 0 Å². The quantitative estimate of drug-likeness (QED) is 0.633. The maximum atomic E-state index is 9.59. The first-order valence-electron chi connectivity index (χ1n) is 11.3. The predicted octanol–water partition coefficient (Wildman–Crippen LogP) is 4.88. The summed E-state index contributed by atoms with van der Waals surface area (Å²) in [5, 5.41) is 9.59. The third kappa shape index (κ3) is 5.17. The maximum Gasteiger partial charge on any atom is 0.178 e. The van der Waals surface area contributed by atoms with E-state index in [2.05, 4.69) is 31.8 Å². The minimum atomic E-state index is -0.169. The Labute approximate surface area is 178 Å². The van der Waals surface area contributed by atoms with Crippen LogP contribution in [0, 0.1) is 12.8 Å². The molecule has 3 aromatic rings. The third-order valence-electron chi connectivity index (χ3n) is 6.19. The highest BCUT2D eigenvalue weighted by Crippen LogP contribution is 2.23. The van der Waals surface area contributed by atoms with Crippen molar-refractivity contribution >= 4 is 17.0 Å². The van der Waals surface area contributed by atoms with Gasteiger partial charge < -0.3 is 15.0 Å². The second kappa shape index (κ2) is 9.56. The van der Waals surface area contributed by atoms with Gasteiger partial charge in [-0.05, 0) is 49.9 Å². The number of aromatic nitrogens is 4. The number of imidazole rings is 1. The van der Waals surface area contributed by atoms with Crippen LogP contribution in [0.1, 0.15) is 57.6 Å².